The summed E-state index contributed by atoms with van der Waals surface area (Å²) in [6.45, 7) is 0. The molecule has 5 nitrogen and oxygen atoms in total. The summed E-state index contributed by atoms with van der Waals surface area (Å²) in [7, 11) is 1.51. The summed E-state index contributed by atoms with van der Waals surface area (Å²) in [5.74, 6) is 1.19. The zero-order valence-corrected chi connectivity index (χ0v) is 16.0. The van der Waals surface area contributed by atoms with E-state index in [1.807, 2.05) is 0 Å². The SMILES string of the molecule is COc1ccc(C/C=C2/N=C(C(Cl)(Cl)Cl)N=C(C(Cl)(Cl)Cl)N2)o1. The maximum absolute atomic E-state index is 5.82. The third kappa shape index (κ3) is 5.34. The Morgan fingerprint density at radius 1 is 1.13 bits per heavy atom. The molecule has 0 atom stereocenters. The van der Waals surface area contributed by atoms with Gasteiger partial charge in [-0.3, -0.25) is 0 Å². The predicted octanol–water partition coefficient (Wildman–Crippen LogP) is 4.81. The van der Waals surface area contributed by atoms with Gasteiger partial charge in [0.05, 0.1) is 7.11 Å². The smallest absolute Gasteiger partial charge is 0.284 e. The predicted molar refractivity (Wildman–Crippen MR) is 95.6 cm³/mol. The Labute approximate surface area is 162 Å². The molecule has 0 aromatic carbocycles. The molecule has 0 spiro atoms. The molecule has 1 aliphatic rings. The number of allylic oxidation sites excluding steroid dienone is 1. The van der Waals surface area contributed by atoms with Gasteiger partial charge in [-0.05, 0) is 12.1 Å². The standard InChI is InChI=1S/C12H9Cl6N3O2/c1-22-8-5-3-6(23-8)2-4-7-19-9(11(13,14)15)21-10(20-7)12(16,17)18/h3-5H,2H2,1H3,(H,19,20,21). The van der Waals surface area contributed by atoms with Crippen LogP contribution in [0.1, 0.15) is 5.76 Å². The lowest BCUT2D eigenvalue weighted by Gasteiger charge is -2.23. The molecule has 126 valence electrons. The third-order valence-electron chi connectivity index (χ3n) is 2.55. The topological polar surface area (TPSA) is 59.1 Å². The number of aliphatic imine (C=N–C) groups is 2. The fourth-order valence-corrected chi connectivity index (χ4v) is 2.08. The Balaban J connectivity index is 2.26. The van der Waals surface area contributed by atoms with E-state index in [4.69, 9.17) is 78.8 Å². The molecule has 11 heteroatoms. The quantitative estimate of drug-likeness (QED) is 0.687. The zero-order chi connectivity index (χ0) is 17.3. The van der Waals surface area contributed by atoms with Crippen molar-refractivity contribution in [2.45, 2.75) is 14.0 Å². The molecule has 0 unspecified atom stereocenters. The molecule has 2 rings (SSSR count). The van der Waals surface area contributed by atoms with Gasteiger partial charge in [0.2, 0.25) is 7.59 Å². The second-order valence-electron chi connectivity index (χ2n) is 4.23. The van der Waals surface area contributed by atoms with Crippen LogP contribution < -0.4 is 10.1 Å². The zero-order valence-electron chi connectivity index (χ0n) is 11.4. The molecule has 1 N–H and O–H groups in total. The number of rotatable bonds is 3. The van der Waals surface area contributed by atoms with Gasteiger partial charge in [-0.2, -0.15) is 0 Å². The van der Waals surface area contributed by atoms with Crippen molar-refractivity contribution >= 4 is 81.3 Å². The van der Waals surface area contributed by atoms with Crippen LogP contribution >= 0.6 is 69.6 Å². The molecule has 0 saturated heterocycles. The van der Waals surface area contributed by atoms with Crippen LogP contribution in [0.25, 0.3) is 0 Å². The molecule has 1 aromatic rings. The summed E-state index contributed by atoms with van der Waals surface area (Å²) in [4.78, 5) is 8.02. The van der Waals surface area contributed by atoms with Crippen molar-refractivity contribution in [2.75, 3.05) is 7.11 Å². The van der Waals surface area contributed by atoms with Gasteiger partial charge in [0.1, 0.15) is 11.6 Å². The van der Waals surface area contributed by atoms with Crippen LogP contribution in [0.3, 0.4) is 0 Å². The fourth-order valence-electron chi connectivity index (χ4n) is 1.55. The molecule has 23 heavy (non-hydrogen) atoms. The van der Waals surface area contributed by atoms with Crippen molar-refractivity contribution in [2.24, 2.45) is 9.98 Å². The second-order valence-corrected chi connectivity index (χ2v) is 8.80. The molecule has 0 saturated carbocycles. The summed E-state index contributed by atoms with van der Waals surface area (Å²) < 4.78 is 6.64. The maximum Gasteiger partial charge on any atom is 0.284 e. The molecular formula is C12H9Cl6N3O2. The molecule has 2 heterocycles. The Bertz CT molecular complexity index is 669. The lowest BCUT2D eigenvalue weighted by atomic mass is 10.3. The van der Waals surface area contributed by atoms with Crippen LogP contribution in [0, 0.1) is 0 Å². The van der Waals surface area contributed by atoms with Gasteiger partial charge >= 0.3 is 0 Å². The largest absolute Gasteiger partial charge is 0.468 e. The molecular weight excluding hydrogens is 431 g/mol. The molecule has 1 aromatic heterocycles. The van der Waals surface area contributed by atoms with Crippen molar-refractivity contribution < 1.29 is 9.15 Å². The van der Waals surface area contributed by atoms with E-state index in [9.17, 15) is 0 Å². The molecule has 0 bridgehead atoms. The number of alkyl halides is 6. The van der Waals surface area contributed by atoms with E-state index in [1.165, 1.54) is 7.11 Å². The Kier molecular flexibility index (Phi) is 6.04. The Morgan fingerprint density at radius 3 is 2.35 bits per heavy atom. The van der Waals surface area contributed by atoms with Crippen molar-refractivity contribution in [1.82, 2.24) is 5.32 Å². The number of ether oxygens (including phenoxy) is 1. The average molecular weight is 440 g/mol. The van der Waals surface area contributed by atoms with Gasteiger partial charge in [-0.25, -0.2) is 9.98 Å². The van der Waals surface area contributed by atoms with E-state index in [0.717, 1.165) is 0 Å². The third-order valence-corrected chi connectivity index (χ3v) is 3.59. The monoisotopic (exact) mass is 437 g/mol. The normalized spacial score (nSPS) is 17.6. The van der Waals surface area contributed by atoms with Crippen LogP contribution in [0.5, 0.6) is 5.95 Å². The number of hydrogen-bond acceptors (Lipinski definition) is 5. The molecule has 0 amide bonds. The lowest BCUT2D eigenvalue weighted by Crippen LogP contribution is -2.39. The van der Waals surface area contributed by atoms with E-state index < -0.39 is 7.59 Å². The minimum atomic E-state index is -1.86. The summed E-state index contributed by atoms with van der Waals surface area (Å²) in [6.07, 6.45) is 2.05. The van der Waals surface area contributed by atoms with Crippen LogP contribution in [0.15, 0.2) is 38.4 Å². The van der Waals surface area contributed by atoms with Gasteiger partial charge in [0.25, 0.3) is 5.95 Å². The van der Waals surface area contributed by atoms with Crippen molar-refractivity contribution in [3.8, 4) is 5.95 Å². The molecule has 1 aliphatic heterocycles. The van der Waals surface area contributed by atoms with Gasteiger partial charge in [-0.15, -0.1) is 0 Å². The number of nitrogens with zero attached hydrogens (tertiary/aromatic N) is 2. The first-order valence-electron chi connectivity index (χ1n) is 6.01. The van der Waals surface area contributed by atoms with E-state index in [-0.39, 0.29) is 11.7 Å². The fraction of sp³-hybridized carbons (Fsp3) is 0.333. The summed E-state index contributed by atoms with van der Waals surface area (Å²) in [5, 5.41) is 2.77. The molecule has 0 fully saturated rings. The number of methoxy groups -OCH3 is 1. The highest BCUT2D eigenvalue weighted by molar-refractivity contribution is 6.79. The van der Waals surface area contributed by atoms with E-state index >= 15 is 0 Å². The van der Waals surface area contributed by atoms with Crippen LogP contribution in [0.2, 0.25) is 0 Å². The first kappa shape index (κ1) is 19.0. The van der Waals surface area contributed by atoms with Crippen LogP contribution in [-0.2, 0) is 6.42 Å². The maximum atomic E-state index is 5.82. The summed E-state index contributed by atoms with van der Waals surface area (Å²) >= 11 is 34.9. The number of hydrogen-bond donors (Lipinski definition) is 1. The van der Waals surface area contributed by atoms with Crippen molar-refractivity contribution in [3.05, 3.63) is 29.8 Å². The highest BCUT2D eigenvalue weighted by Crippen LogP contribution is 2.34. The lowest BCUT2D eigenvalue weighted by molar-refractivity contribution is 0.296. The minimum absolute atomic E-state index is 0.0258. The van der Waals surface area contributed by atoms with Gasteiger partial charge in [-0.1, -0.05) is 69.6 Å². The van der Waals surface area contributed by atoms with Crippen LogP contribution in [0.4, 0.5) is 0 Å². The van der Waals surface area contributed by atoms with E-state index in [2.05, 4.69) is 15.3 Å². The number of halogens is 6. The highest BCUT2D eigenvalue weighted by atomic mass is 35.6. The average Bonchev–Trinajstić information content (AvgIpc) is 2.91. The second kappa shape index (κ2) is 7.30. The number of furan rings is 1. The van der Waals surface area contributed by atoms with E-state index in [0.29, 0.717) is 23.9 Å². The van der Waals surface area contributed by atoms with Crippen LogP contribution in [-0.4, -0.2) is 26.4 Å². The molecule has 0 aliphatic carbocycles. The number of amidine groups is 2. The first-order chi connectivity index (χ1) is 10.6. The summed E-state index contributed by atoms with van der Waals surface area (Å²) in [5.41, 5.74) is 0. The molecule has 0 radical (unpaired) electrons. The minimum Gasteiger partial charge on any atom is -0.468 e. The number of nitrogens with one attached hydrogen (secondary N) is 1. The highest BCUT2D eigenvalue weighted by Gasteiger charge is 2.36. The Hall–Kier alpha value is -0.300. The van der Waals surface area contributed by atoms with Crippen molar-refractivity contribution in [1.29, 1.82) is 0 Å². The van der Waals surface area contributed by atoms with E-state index in [1.54, 1.807) is 18.2 Å². The first-order valence-corrected chi connectivity index (χ1v) is 8.28. The van der Waals surface area contributed by atoms with Gasteiger partial charge in [0.15, 0.2) is 11.7 Å². The van der Waals surface area contributed by atoms with Gasteiger partial charge in [0, 0.05) is 12.5 Å². The van der Waals surface area contributed by atoms with Gasteiger partial charge < -0.3 is 14.5 Å². The van der Waals surface area contributed by atoms with Crippen molar-refractivity contribution in [3.63, 3.8) is 0 Å². The Morgan fingerprint density at radius 2 is 1.83 bits per heavy atom. The summed E-state index contributed by atoms with van der Waals surface area (Å²) in [6, 6.07) is 3.44.